The van der Waals surface area contributed by atoms with E-state index in [2.05, 4.69) is 19.8 Å². The van der Waals surface area contributed by atoms with Crippen molar-refractivity contribution in [2.45, 2.75) is 12.6 Å². The molecule has 0 unspecified atom stereocenters. The Balaban J connectivity index is 2.46. The van der Waals surface area contributed by atoms with Crippen LogP contribution in [0.5, 0.6) is 5.88 Å². The zero-order chi connectivity index (χ0) is 15.9. The first-order valence-electron chi connectivity index (χ1n) is 5.82. The van der Waals surface area contributed by atoms with Gasteiger partial charge in [-0.25, -0.2) is 4.98 Å². The van der Waals surface area contributed by atoms with Crippen molar-refractivity contribution >= 4 is 11.9 Å². The number of carbonyl (C=O) groups excluding carboxylic acids is 2. The van der Waals surface area contributed by atoms with Gasteiger partial charge in [-0.1, -0.05) is 0 Å². The number of hydrogen-bond donors (Lipinski definition) is 1. The fraction of sp³-hybridized carbons (Fsp3) is 0.417. The van der Waals surface area contributed by atoms with Gasteiger partial charge in [0.25, 0.3) is 5.91 Å². The van der Waals surface area contributed by atoms with Crippen molar-refractivity contribution in [2.24, 2.45) is 0 Å². The van der Waals surface area contributed by atoms with Gasteiger partial charge >= 0.3 is 12.1 Å². The summed E-state index contributed by atoms with van der Waals surface area (Å²) in [5.74, 6) is -1.21. The molecule has 9 heteroatoms. The van der Waals surface area contributed by atoms with E-state index >= 15 is 0 Å². The Bertz CT molecular complexity index is 488. The molecule has 0 saturated heterocycles. The van der Waals surface area contributed by atoms with Crippen LogP contribution in [0.3, 0.4) is 0 Å². The number of carbonyl (C=O) groups is 2. The van der Waals surface area contributed by atoms with Gasteiger partial charge in [0.1, 0.15) is 0 Å². The van der Waals surface area contributed by atoms with Crippen molar-refractivity contribution in [1.82, 2.24) is 10.3 Å². The SMILES string of the molecule is COC(=O)CCNC(=O)c1ccc(OCC(F)(F)F)nc1. The van der Waals surface area contributed by atoms with Crippen LogP contribution >= 0.6 is 0 Å². The summed E-state index contributed by atoms with van der Waals surface area (Å²) < 4.78 is 44.6. The lowest BCUT2D eigenvalue weighted by Gasteiger charge is -2.08. The van der Waals surface area contributed by atoms with Crippen molar-refractivity contribution in [3.8, 4) is 5.88 Å². The summed E-state index contributed by atoms with van der Waals surface area (Å²) in [7, 11) is 1.23. The normalized spacial score (nSPS) is 10.9. The molecule has 1 heterocycles. The molecule has 0 aliphatic rings. The molecule has 0 aliphatic carbocycles. The van der Waals surface area contributed by atoms with Crippen molar-refractivity contribution in [2.75, 3.05) is 20.3 Å². The van der Waals surface area contributed by atoms with Gasteiger partial charge in [-0.05, 0) is 6.07 Å². The zero-order valence-corrected chi connectivity index (χ0v) is 11.1. The van der Waals surface area contributed by atoms with Crippen LogP contribution in [-0.4, -0.2) is 43.3 Å². The molecular formula is C12H13F3N2O4. The number of halogens is 3. The van der Waals surface area contributed by atoms with Crippen LogP contribution in [0.15, 0.2) is 18.3 Å². The van der Waals surface area contributed by atoms with E-state index in [-0.39, 0.29) is 24.4 Å². The van der Waals surface area contributed by atoms with Crippen LogP contribution in [-0.2, 0) is 9.53 Å². The van der Waals surface area contributed by atoms with Gasteiger partial charge in [-0.3, -0.25) is 9.59 Å². The maximum atomic E-state index is 11.9. The van der Waals surface area contributed by atoms with Crippen LogP contribution in [0.2, 0.25) is 0 Å². The number of nitrogens with one attached hydrogen (secondary N) is 1. The van der Waals surface area contributed by atoms with Gasteiger partial charge in [0.05, 0.1) is 19.1 Å². The second-order valence-corrected chi connectivity index (χ2v) is 3.87. The predicted molar refractivity (Wildman–Crippen MR) is 64.8 cm³/mol. The molecular weight excluding hydrogens is 293 g/mol. The Morgan fingerprint density at radius 2 is 2.05 bits per heavy atom. The number of aromatic nitrogens is 1. The number of ether oxygens (including phenoxy) is 2. The molecule has 6 nitrogen and oxygen atoms in total. The summed E-state index contributed by atoms with van der Waals surface area (Å²) >= 11 is 0. The molecule has 1 aromatic rings. The molecule has 116 valence electrons. The van der Waals surface area contributed by atoms with Crippen molar-refractivity contribution in [3.05, 3.63) is 23.9 Å². The largest absolute Gasteiger partial charge is 0.469 e. The van der Waals surface area contributed by atoms with E-state index in [0.717, 1.165) is 12.3 Å². The first kappa shape index (κ1) is 16.7. The highest BCUT2D eigenvalue weighted by molar-refractivity contribution is 5.94. The van der Waals surface area contributed by atoms with Crippen LogP contribution in [0, 0.1) is 0 Å². The van der Waals surface area contributed by atoms with Crippen LogP contribution in [0.25, 0.3) is 0 Å². The molecule has 1 rings (SSSR count). The fourth-order valence-corrected chi connectivity index (χ4v) is 1.24. The molecule has 1 N–H and O–H groups in total. The van der Waals surface area contributed by atoms with Gasteiger partial charge in [0, 0.05) is 18.8 Å². The summed E-state index contributed by atoms with van der Waals surface area (Å²) in [6.45, 7) is -1.37. The Morgan fingerprint density at radius 3 is 2.57 bits per heavy atom. The summed E-state index contributed by atoms with van der Waals surface area (Å²) in [6.07, 6.45) is -3.35. The number of hydrogen-bond acceptors (Lipinski definition) is 5. The highest BCUT2D eigenvalue weighted by atomic mass is 19.4. The Morgan fingerprint density at radius 1 is 1.33 bits per heavy atom. The molecule has 1 aromatic heterocycles. The summed E-state index contributed by atoms with van der Waals surface area (Å²) in [5, 5.41) is 2.44. The zero-order valence-electron chi connectivity index (χ0n) is 11.1. The number of rotatable bonds is 6. The topological polar surface area (TPSA) is 77.5 Å². The first-order chi connectivity index (χ1) is 9.81. The highest BCUT2D eigenvalue weighted by Gasteiger charge is 2.28. The maximum absolute atomic E-state index is 11.9. The lowest BCUT2D eigenvalue weighted by atomic mass is 10.2. The second kappa shape index (κ2) is 7.46. The number of esters is 1. The summed E-state index contributed by atoms with van der Waals surface area (Å²) in [6, 6.07) is 2.42. The molecule has 0 spiro atoms. The average molecular weight is 306 g/mol. The van der Waals surface area contributed by atoms with Crippen molar-refractivity contribution < 1.29 is 32.2 Å². The minimum atomic E-state index is -4.45. The molecule has 0 saturated carbocycles. The Kier molecular flexibility index (Phi) is 5.94. The Labute approximate surface area is 118 Å². The second-order valence-electron chi connectivity index (χ2n) is 3.87. The molecule has 0 radical (unpaired) electrons. The smallest absolute Gasteiger partial charge is 0.422 e. The van der Waals surface area contributed by atoms with E-state index in [1.165, 1.54) is 13.2 Å². The third-order valence-electron chi connectivity index (χ3n) is 2.22. The standard InChI is InChI=1S/C12H13F3N2O4/c1-20-10(18)4-5-16-11(19)8-2-3-9(17-6-8)21-7-12(13,14)15/h2-3,6H,4-5,7H2,1H3,(H,16,19). The van der Waals surface area contributed by atoms with E-state index in [1.54, 1.807) is 0 Å². The predicted octanol–water partition coefficient (Wildman–Crippen LogP) is 1.32. The maximum Gasteiger partial charge on any atom is 0.422 e. The Hall–Kier alpha value is -2.32. The van der Waals surface area contributed by atoms with E-state index in [0.29, 0.717) is 0 Å². The van der Waals surface area contributed by atoms with Gasteiger partial charge in [-0.15, -0.1) is 0 Å². The van der Waals surface area contributed by atoms with Gasteiger partial charge in [0.2, 0.25) is 5.88 Å². The monoisotopic (exact) mass is 306 g/mol. The molecule has 21 heavy (non-hydrogen) atoms. The number of amides is 1. The summed E-state index contributed by atoms with van der Waals surface area (Å²) in [4.78, 5) is 26.0. The van der Waals surface area contributed by atoms with Crippen molar-refractivity contribution in [1.29, 1.82) is 0 Å². The van der Waals surface area contributed by atoms with E-state index < -0.39 is 24.7 Å². The lowest BCUT2D eigenvalue weighted by molar-refractivity contribution is -0.154. The fourth-order valence-electron chi connectivity index (χ4n) is 1.24. The minimum Gasteiger partial charge on any atom is -0.469 e. The molecule has 0 aliphatic heterocycles. The van der Waals surface area contributed by atoms with E-state index in [4.69, 9.17) is 0 Å². The number of methoxy groups -OCH3 is 1. The molecule has 0 bridgehead atoms. The highest BCUT2D eigenvalue weighted by Crippen LogP contribution is 2.16. The van der Waals surface area contributed by atoms with Crippen LogP contribution in [0.1, 0.15) is 16.8 Å². The lowest BCUT2D eigenvalue weighted by Crippen LogP contribution is -2.26. The van der Waals surface area contributed by atoms with Crippen molar-refractivity contribution in [3.63, 3.8) is 0 Å². The minimum absolute atomic E-state index is 0.0163. The van der Waals surface area contributed by atoms with Gasteiger partial charge in [0.15, 0.2) is 6.61 Å². The third-order valence-corrected chi connectivity index (χ3v) is 2.22. The third kappa shape index (κ3) is 6.59. The van der Waals surface area contributed by atoms with Gasteiger partial charge in [-0.2, -0.15) is 13.2 Å². The number of pyridine rings is 1. The average Bonchev–Trinajstić information content (AvgIpc) is 2.44. The summed E-state index contributed by atoms with van der Waals surface area (Å²) in [5.41, 5.74) is 0.138. The van der Waals surface area contributed by atoms with E-state index in [9.17, 15) is 22.8 Å². The molecule has 1 amide bonds. The number of alkyl halides is 3. The molecule has 0 fully saturated rings. The van der Waals surface area contributed by atoms with Gasteiger partial charge < -0.3 is 14.8 Å². The van der Waals surface area contributed by atoms with Crippen LogP contribution < -0.4 is 10.1 Å². The van der Waals surface area contributed by atoms with E-state index in [1.807, 2.05) is 0 Å². The quantitative estimate of drug-likeness (QED) is 0.802. The van der Waals surface area contributed by atoms with Crippen LogP contribution in [0.4, 0.5) is 13.2 Å². The molecule has 0 atom stereocenters. The molecule has 0 aromatic carbocycles. The first-order valence-corrected chi connectivity index (χ1v) is 5.82. The number of nitrogens with zero attached hydrogens (tertiary/aromatic N) is 1.